The lowest BCUT2D eigenvalue weighted by molar-refractivity contribution is -0.148. The van der Waals surface area contributed by atoms with Gasteiger partial charge in [-0.2, -0.15) is 0 Å². The maximum absolute atomic E-state index is 11.9. The van der Waals surface area contributed by atoms with Gasteiger partial charge < -0.3 is 35.4 Å². The van der Waals surface area contributed by atoms with E-state index < -0.39 is 43.0 Å². The predicted molar refractivity (Wildman–Crippen MR) is 111 cm³/mol. The zero-order valence-corrected chi connectivity index (χ0v) is 17.3. The Balaban J connectivity index is 1.85. The van der Waals surface area contributed by atoms with Crippen molar-refractivity contribution in [3.05, 3.63) is 42.2 Å². The minimum absolute atomic E-state index is 0.369. The van der Waals surface area contributed by atoms with Crippen molar-refractivity contribution in [2.24, 2.45) is 0 Å². The fraction of sp³-hybridized carbons (Fsp3) is 0.524. The predicted octanol–water partition coefficient (Wildman–Crippen LogP) is -1.24. The van der Waals surface area contributed by atoms with Gasteiger partial charge >= 0.3 is 5.97 Å². The van der Waals surface area contributed by atoms with E-state index in [0.717, 1.165) is 5.69 Å². The number of nitrogens with zero attached hydrogens (tertiary/aromatic N) is 2. The lowest BCUT2D eigenvalue weighted by Crippen LogP contribution is -2.65. The van der Waals surface area contributed by atoms with Gasteiger partial charge in [-0.25, -0.2) is 4.79 Å². The number of anilines is 1. The van der Waals surface area contributed by atoms with Crippen LogP contribution in [0.4, 0.5) is 5.69 Å². The van der Waals surface area contributed by atoms with Crippen molar-refractivity contribution < 1.29 is 34.8 Å². The minimum atomic E-state index is -1.60. The highest BCUT2D eigenvalue weighted by molar-refractivity contribution is 5.84. The van der Waals surface area contributed by atoms with Gasteiger partial charge in [0.05, 0.1) is 18.7 Å². The number of ether oxygens (including phenoxy) is 1. The maximum atomic E-state index is 11.9. The Labute approximate surface area is 180 Å². The van der Waals surface area contributed by atoms with E-state index in [-0.39, 0.29) is 11.7 Å². The molecule has 1 fully saturated rings. The van der Waals surface area contributed by atoms with Crippen molar-refractivity contribution >= 4 is 17.6 Å². The molecule has 0 aromatic heterocycles. The van der Waals surface area contributed by atoms with Crippen LogP contribution in [0.15, 0.2) is 42.2 Å². The number of carboxylic acids is 1. The standard InChI is InChI=1S/C21H29N3O7/c1-13(26)22-18-15(11-17(21(29)30)31-20(18)19(28)16(27)12-25)24-9-7-23(8-10-24)14-5-3-2-4-6-14/h2-6,11,15-16,18-20,25,27-28H,7-10,12H2,1H3,(H,22,26)(H,29,30)/t15-,16+,18+,19+,20+/m0/s1. The number of rotatable bonds is 7. The van der Waals surface area contributed by atoms with Crippen LogP contribution in [0, 0.1) is 0 Å². The largest absolute Gasteiger partial charge is 0.478 e. The highest BCUT2D eigenvalue weighted by Gasteiger charge is 2.45. The Morgan fingerprint density at radius 1 is 1.16 bits per heavy atom. The maximum Gasteiger partial charge on any atom is 0.370 e. The van der Waals surface area contributed by atoms with Gasteiger partial charge in [0.25, 0.3) is 0 Å². The van der Waals surface area contributed by atoms with Crippen LogP contribution in [0.2, 0.25) is 0 Å². The molecule has 3 rings (SSSR count). The number of para-hydroxylation sites is 1. The molecule has 10 heteroatoms. The van der Waals surface area contributed by atoms with Crippen LogP contribution in [0.3, 0.4) is 0 Å². The van der Waals surface area contributed by atoms with Gasteiger partial charge in [-0.1, -0.05) is 18.2 Å². The Morgan fingerprint density at radius 2 is 1.81 bits per heavy atom. The van der Waals surface area contributed by atoms with Crippen molar-refractivity contribution in [1.82, 2.24) is 10.2 Å². The molecule has 1 amide bonds. The fourth-order valence-electron chi connectivity index (χ4n) is 4.09. The molecule has 0 bridgehead atoms. The Bertz CT molecular complexity index is 795. The first-order valence-electron chi connectivity index (χ1n) is 10.2. The number of hydrogen-bond donors (Lipinski definition) is 5. The number of nitrogens with one attached hydrogen (secondary N) is 1. The number of piperazine rings is 1. The van der Waals surface area contributed by atoms with Crippen molar-refractivity contribution in [2.45, 2.75) is 37.3 Å². The van der Waals surface area contributed by atoms with Crippen LogP contribution in [0.1, 0.15) is 6.92 Å². The number of carbonyl (C=O) groups excluding carboxylic acids is 1. The highest BCUT2D eigenvalue weighted by Crippen LogP contribution is 2.27. The zero-order chi connectivity index (χ0) is 22.5. The van der Waals surface area contributed by atoms with Crippen molar-refractivity contribution in [3.8, 4) is 0 Å². The van der Waals surface area contributed by atoms with Gasteiger partial charge in [0.15, 0.2) is 0 Å². The highest BCUT2D eigenvalue weighted by atomic mass is 16.5. The van der Waals surface area contributed by atoms with Gasteiger partial charge in [-0.3, -0.25) is 9.69 Å². The van der Waals surface area contributed by atoms with E-state index in [1.807, 2.05) is 35.2 Å². The summed E-state index contributed by atoms with van der Waals surface area (Å²) < 4.78 is 5.45. The number of aliphatic carboxylic acids is 1. The summed E-state index contributed by atoms with van der Waals surface area (Å²) >= 11 is 0. The van der Waals surface area contributed by atoms with E-state index in [0.29, 0.717) is 26.2 Å². The molecule has 5 N–H and O–H groups in total. The summed E-state index contributed by atoms with van der Waals surface area (Å²) in [4.78, 5) is 27.8. The zero-order valence-electron chi connectivity index (χ0n) is 17.3. The SMILES string of the molecule is CC(=O)N[C@H]1[C@H]([C@H](O)[C@H](O)CO)OC(C(=O)O)=C[C@@H]1N1CCN(c2ccccc2)CC1. The molecular weight excluding hydrogens is 406 g/mol. The molecule has 1 aromatic carbocycles. The van der Waals surface area contributed by atoms with Crippen LogP contribution in [0.5, 0.6) is 0 Å². The summed E-state index contributed by atoms with van der Waals surface area (Å²) in [7, 11) is 0. The molecule has 2 aliphatic rings. The molecular formula is C21H29N3O7. The average molecular weight is 435 g/mol. The first kappa shape index (κ1) is 23.0. The summed E-state index contributed by atoms with van der Waals surface area (Å²) in [5.74, 6) is -2.07. The van der Waals surface area contributed by atoms with Crippen LogP contribution in [-0.4, -0.2) is 100 Å². The summed E-state index contributed by atoms with van der Waals surface area (Å²) in [6.45, 7) is 3.13. The topological polar surface area (TPSA) is 143 Å². The first-order chi connectivity index (χ1) is 14.8. The quantitative estimate of drug-likeness (QED) is 0.355. The van der Waals surface area contributed by atoms with Crippen molar-refractivity contribution in [3.63, 3.8) is 0 Å². The molecule has 2 heterocycles. The molecule has 0 spiro atoms. The number of aliphatic hydroxyl groups is 3. The summed E-state index contributed by atoms with van der Waals surface area (Å²) in [6, 6.07) is 8.53. The van der Waals surface area contributed by atoms with Crippen molar-refractivity contribution in [2.75, 3.05) is 37.7 Å². The minimum Gasteiger partial charge on any atom is -0.478 e. The third kappa shape index (κ3) is 5.34. The molecule has 0 radical (unpaired) electrons. The molecule has 1 aromatic rings. The van der Waals surface area contributed by atoms with Gasteiger partial charge in [0.1, 0.15) is 18.3 Å². The van der Waals surface area contributed by atoms with Gasteiger partial charge in [-0.05, 0) is 18.2 Å². The van der Waals surface area contributed by atoms with Gasteiger partial charge in [0, 0.05) is 38.8 Å². The normalized spacial score (nSPS) is 26.4. The number of hydrogen-bond acceptors (Lipinski definition) is 8. The number of benzene rings is 1. The smallest absolute Gasteiger partial charge is 0.370 e. The van der Waals surface area contributed by atoms with E-state index in [2.05, 4.69) is 10.2 Å². The van der Waals surface area contributed by atoms with E-state index in [1.54, 1.807) is 0 Å². The van der Waals surface area contributed by atoms with E-state index in [4.69, 9.17) is 4.74 Å². The van der Waals surface area contributed by atoms with Crippen LogP contribution in [0.25, 0.3) is 0 Å². The second-order valence-corrected chi connectivity index (χ2v) is 7.73. The third-order valence-electron chi connectivity index (χ3n) is 5.66. The summed E-state index contributed by atoms with van der Waals surface area (Å²) in [5, 5.41) is 41.9. The second-order valence-electron chi connectivity index (χ2n) is 7.73. The third-order valence-corrected chi connectivity index (χ3v) is 5.66. The molecule has 0 saturated carbocycles. The first-order valence-corrected chi connectivity index (χ1v) is 10.2. The Kier molecular flexibility index (Phi) is 7.50. The molecule has 10 nitrogen and oxygen atoms in total. The van der Waals surface area contributed by atoms with Crippen LogP contribution >= 0.6 is 0 Å². The van der Waals surface area contributed by atoms with E-state index in [9.17, 15) is 30.0 Å². The average Bonchev–Trinajstić information content (AvgIpc) is 2.78. The Morgan fingerprint density at radius 3 is 2.35 bits per heavy atom. The lowest BCUT2D eigenvalue weighted by Gasteiger charge is -2.46. The summed E-state index contributed by atoms with van der Waals surface area (Å²) in [6.07, 6.45) is -2.97. The monoisotopic (exact) mass is 435 g/mol. The molecule has 5 atom stereocenters. The number of carbonyl (C=O) groups is 2. The molecule has 0 aliphatic carbocycles. The number of carboxylic acid groups (broad SMARTS) is 1. The number of aliphatic hydroxyl groups excluding tert-OH is 3. The molecule has 31 heavy (non-hydrogen) atoms. The lowest BCUT2D eigenvalue weighted by atomic mass is 9.90. The van der Waals surface area contributed by atoms with E-state index >= 15 is 0 Å². The van der Waals surface area contributed by atoms with Gasteiger partial charge in [-0.15, -0.1) is 0 Å². The molecule has 2 aliphatic heterocycles. The molecule has 170 valence electrons. The summed E-state index contributed by atoms with van der Waals surface area (Å²) in [5.41, 5.74) is 1.09. The van der Waals surface area contributed by atoms with Gasteiger partial charge in [0.2, 0.25) is 11.7 Å². The number of amides is 1. The molecule has 0 unspecified atom stereocenters. The second kappa shape index (κ2) is 10.1. The fourth-order valence-corrected chi connectivity index (χ4v) is 4.09. The molecule has 1 saturated heterocycles. The van der Waals surface area contributed by atoms with Crippen LogP contribution in [-0.2, 0) is 14.3 Å². The van der Waals surface area contributed by atoms with Crippen LogP contribution < -0.4 is 10.2 Å². The van der Waals surface area contributed by atoms with Crippen molar-refractivity contribution in [1.29, 1.82) is 0 Å². The van der Waals surface area contributed by atoms with E-state index in [1.165, 1.54) is 13.0 Å². The Hall–Kier alpha value is -2.66.